The molecular weight excluding hydrogens is 334 g/mol. The first-order valence-electron chi connectivity index (χ1n) is 7.20. The maximum atomic E-state index is 12.2. The van der Waals surface area contributed by atoms with Crippen LogP contribution < -0.4 is 0 Å². The van der Waals surface area contributed by atoms with Crippen LogP contribution in [-0.4, -0.2) is 29.7 Å². The van der Waals surface area contributed by atoms with Crippen LogP contribution in [0.2, 0.25) is 0 Å². The maximum absolute atomic E-state index is 12.2. The second-order valence-corrected chi connectivity index (χ2v) is 7.65. The van der Waals surface area contributed by atoms with Gasteiger partial charge in [-0.15, -0.1) is 0 Å². The van der Waals surface area contributed by atoms with Gasteiger partial charge >= 0.3 is 6.09 Å². The molecular formula is C16H20BrNO3. The number of hydrogen-bond acceptors (Lipinski definition) is 3. The highest BCUT2D eigenvalue weighted by Crippen LogP contribution is 2.44. The van der Waals surface area contributed by atoms with Gasteiger partial charge in [0, 0.05) is 17.4 Å². The number of ether oxygens (including phenoxy) is 2. The Kier molecular flexibility index (Phi) is 3.53. The third kappa shape index (κ3) is 2.81. The van der Waals surface area contributed by atoms with Gasteiger partial charge in [0.15, 0.2) is 0 Å². The maximum Gasteiger partial charge on any atom is 0.410 e. The van der Waals surface area contributed by atoms with E-state index in [0.717, 1.165) is 10.9 Å². The van der Waals surface area contributed by atoms with Crippen molar-refractivity contribution in [3.05, 3.63) is 33.8 Å². The van der Waals surface area contributed by atoms with Crippen LogP contribution in [0, 0.1) is 0 Å². The number of nitrogens with zero attached hydrogens (tertiary/aromatic N) is 1. The summed E-state index contributed by atoms with van der Waals surface area (Å²) in [5.41, 5.74) is 1.58. The van der Waals surface area contributed by atoms with Gasteiger partial charge < -0.3 is 14.4 Å². The Labute approximate surface area is 133 Å². The van der Waals surface area contributed by atoms with Crippen molar-refractivity contribution in [2.45, 2.75) is 45.0 Å². The summed E-state index contributed by atoms with van der Waals surface area (Å²) < 4.78 is 12.6. The van der Waals surface area contributed by atoms with E-state index in [9.17, 15) is 4.79 Å². The van der Waals surface area contributed by atoms with Crippen LogP contribution in [0.15, 0.2) is 22.7 Å². The van der Waals surface area contributed by atoms with Gasteiger partial charge in [-0.05, 0) is 44.0 Å². The lowest BCUT2D eigenvalue weighted by Gasteiger charge is -2.27. The first kappa shape index (κ1) is 14.9. The Balaban J connectivity index is 1.79. The molecule has 1 spiro atoms. The molecule has 21 heavy (non-hydrogen) atoms. The zero-order valence-corrected chi connectivity index (χ0v) is 14.2. The van der Waals surface area contributed by atoms with E-state index in [1.807, 2.05) is 26.8 Å². The van der Waals surface area contributed by atoms with Crippen LogP contribution in [0.4, 0.5) is 4.79 Å². The zero-order valence-electron chi connectivity index (χ0n) is 12.6. The number of halogens is 1. The summed E-state index contributed by atoms with van der Waals surface area (Å²) in [4.78, 5) is 14.0. The smallest absolute Gasteiger partial charge is 0.410 e. The molecule has 1 amide bonds. The SMILES string of the molecule is CC(C)(C)OC(=O)N1CCC2(C1)OCc1ccc(Br)cc12. The lowest BCUT2D eigenvalue weighted by molar-refractivity contribution is -0.0327. The molecule has 2 heterocycles. The Morgan fingerprint density at radius 2 is 2.19 bits per heavy atom. The van der Waals surface area contributed by atoms with Crippen molar-refractivity contribution in [3.8, 4) is 0 Å². The largest absolute Gasteiger partial charge is 0.444 e. The molecule has 0 radical (unpaired) electrons. The fourth-order valence-corrected chi connectivity index (χ4v) is 3.36. The monoisotopic (exact) mass is 353 g/mol. The molecule has 0 aliphatic carbocycles. The van der Waals surface area contributed by atoms with Gasteiger partial charge in [0.2, 0.25) is 0 Å². The van der Waals surface area contributed by atoms with Crippen molar-refractivity contribution in [1.82, 2.24) is 4.90 Å². The molecule has 5 heteroatoms. The average molecular weight is 354 g/mol. The third-order valence-electron chi connectivity index (χ3n) is 3.95. The van der Waals surface area contributed by atoms with Crippen molar-refractivity contribution in [2.24, 2.45) is 0 Å². The van der Waals surface area contributed by atoms with Crippen LogP contribution in [0.3, 0.4) is 0 Å². The first-order valence-corrected chi connectivity index (χ1v) is 7.99. The lowest BCUT2D eigenvalue weighted by atomic mass is 9.92. The standard InChI is InChI=1S/C16H20BrNO3/c1-15(2,3)21-14(19)18-7-6-16(10-18)13-8-12(17)5-4-11(13)9-20-16/h4-5,8H,6-7,9-10H2,1-3H3. The van der Waals surface area contributed by atoms with Crippen molar-refractivity contribution in [2.75, 3.05) is 13.1 Å². The Hall–Kier alpha value is -1.07. The molecule has 1 aromatic carbocycles. The Morgan fingerprint density at radius 1 is 1.43 bits per heavy atom. The summed E-state index contributed by atoms with van der Waals surface area (Å²) in [6.45, 7) is 7.50. The van der Waals surface area contributed by atoms with E-state index in [-0.39, 0.29) is 11.7 Å². The Bertz CT molecular complexity index is 581. The van der Waals surface area contributed by atoms with Crippen LogP contribution in [0.1, 0.15) is 38.3 Å². The summed E-state index contributed by atoms with van der Waals surface area (Å²) in [5.74, 6) is 0. The van der Waals surface area contributed by atoms with Crippen LogP contribution in [-0.2, 0) is 21.7 Å². The van der Waals surface area contributed by atoms with Crippen LogP contribution in [0.25, 0.3) is 0 Å². The van der Waals surface area contributed by atoms with E-state index in [0.29, 0.717) is 19.7 Å². The average Bonchev–Trinajstić information content (AvgIpc) is 2.95. The minimum Gasteiger partial charge on any atom is -0.444 e. The molecule has 0 N–H and O–H groups in total. The quantitative estimate of drug-likeness (QED) is 0.711. The summed E-state index contributed by atoms with van der Waals surface area (Å²) in [6, 6.07) is 6.23. The number of benzene rings is 1. The zero-order chi connectivity index (χ0) is 15.3. The van der Waals surface area contributed by atoms with Gasteiger partial charge in [-0.25, -0.2) is 4.79 Å². The second kappa shape index (κ2) is 4.99. The molecule has 3 rings (SSSR count). The number of hydrogen-bond donors (Lipinski definition) is 0. The van der Waals surface area contributed by atoms with E-state index in [1.54, 1.807) is 4.90 Å². The van der Waals surface area contributed by atoms with Gasteiger partial charge in [0.25, 0.3) is 0 Å². The number of fused-ring (bicyclic) bond motifs is 2. The molecule has 4 nitrogen and oxygen atoms in total. The fraction of sp³-hybridized carbons (Fsp3) is 0.562. The molecule has 2 aliphatic rings. The number of carbonyl (C=O) groups is 1. The predicted octanol–water partition coefficient (Wildman–Crippen LogP) is 3.82. The number of likely N-dealkylation sites (tertiary alicyclic amines) is 1. The fourth-order valence-electron chi connectivity index (χ4n) is 2.99. The molecule has 0 aromatic heterocycles. The molecule has 2 aliphatic heterocycles. The van der Waals surface area contributed by atoms with E-state index in [4.69, 9.17) is 9.47 Å². The Morgan fingerprint density at radius 3 is 2.90 bits per heavy atom. The molecule has 0 bridgehead atoms. The molecule has 1 aromatic rings. The summed E-state index contributed by atoms with van der Waals surface area (Å²) in [6.07, 6.45) is 0.557. The first-order chi connectivity index (χ1) is 9.79. The minimum absolute atomic E-state index is 0.258. The molecule has 1 fully saturated rings. The molecule has 0 saturated carbocycles. The predicted molar refractivity (Wildman–Crippen MR) is 83.0 cm³/mol. The second-order valence-electron chi connectivity index (χ2n) is 6.74. The molecule has 1 unspecified atom stereocenters. The van der Waals surface area contributed by atoms with Gasteiger partial charge in [0.05, 0.1) is 13.2 Å². The third-order valence-corrected chi connectivity index (χ3v) is 4.44. The van der Waals surface area contributed by atoms with E-state index < -0.39 is 5.60 Å². The van der Waals surface area contributed by atoms with E-state index >= 15 is 0 Å². The van der Waals surface area contributed by atoms with Crippen molar-refractivity contribution in [1.29, 1.82) is 0 Å². The highest BCUT2D eigenvalue weighted by atomic mass is 79.9. The van der Waals surface area contributed by atoms with E-state index in [1.165, 1.54) is 11.1 Å². The van der Waals surface area contributed by atoms with Gasteiger partial charge in [-0.3, -0.25) is 0 Å². The number of rotatable bonds is 0. The highest BCUT2D eigenvalue weighted by Gasteiger charge is 2.47. The van der Waals surface area contributed by atoms with Crippen LogP contribution in [0.5, 0.6) is 0 Å². The number of amides is 1. The minimum atomic E-state index is -0.468. The topological polar surface area (TPSA) is 38.8 Å². The normalized spacial score (nSPS) is 24.5. The summed E-state index contributed by atoms with van der Waals surface area (Å²) >= 11 is 3.52. The van der Waals surface area contributed by atoms with Crippen LogP contribution >= 0.6 is 15.9 Å². The van der Waals surface area contributed by atoms with Crippen molar-refractivity contribution in [3.63, 3.8) is 0 Å². The summed E-state index contributed by atoms with van der Waals surface area (Å²) in [7, 11) is 0. The summed E-state index contributed by atoms with van der Waals surface area (Å²) in [5, 5.41) is 0. The van der Waals surface area contributed by atoms with Gasteiger partial charge in [-0.1, -0.05) is 22.0 Å². The number of carbonyl (C=O) groups excluding carboxylic acids is 1. The van der Waals surface area contributed by atoms with E-state index in [2.05, 4.69) is 28.1 Å². The van der Waals surface area contributed by atoms with Gasteiger partial charge in [-0.2, -0.15) is 0 Å². The molecule has 1 saturated heterocycles. The van der Waals surface area contributed by atoms with Crippen molar-refractivity contribution < 1.29 is 14.3 Å². The molecule has 1 atom stereocenters. The van der Waals surface area contributed by atoms with Crippen molar-refractivity contribution >= 4 is 22.0 Å². The molecule has 114 valence electrons. The lowest BCUT2D eigenvalue weighted by Crippen LogP contribution is -2.38. The van der Waals surface area contributed by atoms with Gasteiger partial charge in [0.1, 0.15) is 11.2 Å². The highest BCUT2D eigenvalue weighted by molar-refractivity contribution is 9.10.